The highest BCUT2D eigenvalue weighted by atomic mass is 79.9. The quantitative estimate of drug-likeness (QED) is 0.272. The van der Waals surface area contributed by atoms with E-state index in [0.29, 0.717) is 48.9 Å². The van der Waals surface area contributed by atoms with E-state index < -0.39 is 12.0 Å². The number of allylic oxidation sites excluding steroid dienone is 1. The predicted octanol–water partition coefficient (Wildman–Crippen LogP) is 4.14. The number of hydrogen-bond acceptors (Lipinski definition) is 8. The summed E-state index contributed by atoms with van der Waals surface area (Å²) in [5.74, 6) is 1.21. The summed E-state index contributed by atoms with van der Waals surface area (Å²) >= 11 is 4.78. The summed E-state index contributed by atoms with van der Waals surface area (Å²) in [7, 11) is 3.13. The molecule has 2 heterocycles. The Balaban J connectivity index is 1.89. The lowest BCUT2D eigenvalue weighted by Crippen LogP contribution is -2.39. The maximum atomic E-state index is 13.8. The number of benzene rings is 2. The molecule has 8 nitrogen and oxygen atoms in total. The number of ether oxygens (including phenoxy) is 4. The van der Waals surface area contributed by atoms with Crippen LogP contribution >= 0.6 is 27.3 Å². The van der Waals surface area contributed by atoms with Crippen LogP contribution < -0.4 is 29.1 Å². The fourth-order valence-electron chi connectivity index (χ4n) is 4.15. The summed E-state index contributed by atoms with van der Waals surface area (Å²) < 4.78 is 24.5. The van der Waals surface area contributed by atoms with Gasteiger partial charge in [0.15, 0.2) is 16.3 Å². The molecule has 1 unspecified atom stereocenters. The molecule has 3 aromatic rings. The molecule has 4 rings (SSSR count). The van der Waals surface area contributed by atoms with Crippen LogP contribution in [0.2, 0.25) is 0 Å². The van der Waals surface area contributed by atoms with E-state index in [1.807, 2.05) is 18.2 Å². The van der Waals surface area contributed by atoms with Gasteiger partial charge in [-0.05, 0) is 71.2 Å². The van der Waals surface area contributed by atoms with Crippen LogP contribution in [0.15, 0.2) is 74.6 Å². The Hall–Kier alpha value is -3.63. The van der Waals surface area contributed by atoms with Gasteiger partial charge in [0.1, 0.15) is 12.4 Å². The average molecular weight is 600 g/mol. The van der Waals surface area contributed by atoms with Gasteiger partial charge in [0.25, 0.3) is 5.56 Å². The Morgan fingerprint density at radius 1 is 1.21 bits per heavy atom. The van der Waals surface area contributed by atoms with Gasteiger partial charge < -0.3 is 18.9 Å². The van der Waals surface area contributed by atoms with Gasteiger partial charge in [0.05, 0.1) is 47.1 Å². The molecule has 1 atom stereocenters. The molecule has 10 heteroatoms. The largest absolute Gasteiger partial charge is 0.497 e. The molecule has 0 spiro atoms. The number of fused-ring (bicyclic) bond motifs is 1. The van der Waals surface area contributed by atoms with Crippen molar-refractivity contribution in [1.29, 1.82) is 0 Å². The highest BCUT2D eigenvalue weighted by molar-refractivity contribution is 9.10. The van der Waals surface area contributed by atoms with Gasteiger partial charge in [-0.15, -0.1) is 0 Å². The molecule has 0 amide bonds. The van der Waals surface area contributed by atoms with Crippen LogP contribution in [0.1, 0.15) is 31.0 Å². The van der Waals surface area contributed by atoms with E-state index in [1.165, 1.54) is 11.3 Å². The van der Waals surface area contributed by atoms with Crippen LogP contribution in [-0.2, 0) is 9.53 Å². The number of nitrogens with zero attached hydrogens (tertiary/aromatic N) is 2. The van der Waals surface area contributed by atoms with Crippen molar-refractivity contribution in [3.05, 3.63) is 95.6 Å². The molecule has 0 saturated carbocycles. The lowest BCUT2D eigenvalue weighted by molar-refractivity contribution is -0.139. The molecule has 38 heavy (non-hydrogen) atoms. The zero-order valence-electron chi connectivity index (χ0n) is 21.4. The Bertz CT molecular complexity index is 1590. The number of halogens is 1. The maximum Gasteiger partial charge on any atom is 0.338 e. The van der Waals surface area contributed by atoms with Gasteiger partial charge in [0, 0.05) is 0 Å². The van der Waals surface area contributed by atoms with E-state index in [2.05, 4.69) is 27.5 Å². The third-order valence-corrected chi connectivity index (χ3v) is 7.42. The van der Waals surface area contributed by atoms with Crippen molar-refractivity contribution < 1.29 is 23.7 Å². The monoisotopic (exact) mass is 598 g/mol. The van der Waals surface area contributed by atoms with Crippen molar-refractivity contribution in [3.8, 4) is 17.2 Å². The number of esters is 1. The molecule has 2 aromatic carbocycles. The van der Waals surface area contributed by atoms with E-state index in [1.54, 1.807) is 63.0 Å². The zero-order valence-corrected chi connectivity index (χ0v) is 23.9. The van der Waals surface area contributed by atoms with E-state index in [0.717, 1.165) is 11.1 Å². The minimum Gasteiger partial charge on any atom is -0.497 e. The van der Waals surface area contributed by atoms with Gasteiger partial charge >= 0.3 is 5.97 Å². The minimum absolute atomic E-state index is 0.207. The number of aromatic nitrogens is 1. The SMILES string of the molecule is C=CCOc1c(Br)cc(/C=c2\sc3n(c2=O)C(c2ccc(OC)cc2)C(C(=O)OCC)=C(C)N=3)cc1OC. The number of carbonyl (C=O) groups excluding carboxylic acids is 1. The molecular weight excluding hydrogens is 572 g/mol. The molecule has 0 saturated heterocycles. The normalized spacial score (nSPS) is 15.0. The summed E-state index contributed by atoms with van der Waals surface area (Å²) in [6.07, 6.45) is 3.41. The fraction of sp³-hybridized carbons (Fsp3) is 0.250. The number of hydrogen-bond donors (Lipinski definition) is 0. The second kappa shape index (κ2) is 11.8. The molecule has 0 bridgehead atoms. The molecular formula is C28H27BrN2O6S. The summed E-state index contributed by atoms with van der Waals surface area (Å²) in [6, 6.07) is 10.2. The molecule has 0 aliphatic carbocycles. The number of methoxy groups -OCH3 is 2. The van der Waals surface area contributed by atoms with Crippen LogP contribution in [-0.4, -0.2) is 38.0 Å². The first-order valence-electron chi connectivity index (χ1n) is 11.8. The van der Waals surface area contributed by atoms with Gasteiger partial charge in [0.2, 0.25) is 0 Å². The fourth-order valence-corrected chi connectivity index (χ4v) is 5.77. The Morgan fingerprint density at radius 2 is 1.95 bits per heavy atom. The van der Waals surface area contributed by atoms with E-state index in [9.17, 15) is 9.59 Å². The van der Waals surface area contributed by atoms with Crippen molar-refractivity contribution in [1.82, 2.24) is 4.57 Å². The van der Waals surface area contributed by atoms with Crippen LogP contribution in [0, 0.1) is 0 Å². The summed E-state index contributed by atoms with van der Waals surface area (Å²) in [4.78, 5) is 31.9. The van der Waals surface area contributed by atoms with Crippen LogP contribution in [0.25, 0.3) is 6.08 Å². The van der Waals surface area contributed by atoms with E-state index >= 15 is 0 Å². The maximum absolute atomic E-state index is 13.8. The minimum atomic E-state index is -0.700. The topological polar surface area (TPSA) is 88.4 Å². The Morgan fingerprint density at radius 3 is 2.58 bits per heavy atom. The molecule has 198 valence electrons. The average Bonchev–Trinajstić information content (AvgIpc) is 3.21. The highest BCUT2D eigenvalue weighted by Gasteiger charge is 2.33. The number of rotatable bonds is 9. The van der Waals surface area contributed by atoms with Crippen LogP contribution in [0.4, 0.5) is 0 Å². The second-order valence-corrected chi connectivity index (χ2v) is 10.1. The molecule has 0 fully saturated rings. The van der Waals surface area contributed by atoms with E-state index in [-0.39, 0.29) is 12.2 Å². The second-order valence-electron chi connectivity index (χ2n) is 8.21. The molecule has 0 N–H and O–H groups in total. The molecule has 0 radical (unpaired) electrons. The summed E-state index contributed by atoms with van der Waals surface area (Å²) in [5, 5.41) is 0. The molecule has 1 aliphatic heterocycles. The first kappa shape index (κ1) is 27.4. The van der Waals surface area contributed by atoms with Crippen molar-refractivity contribution in [2.75, 3.05) is 27.4 Å². The summed E-state index contributed by atoms with van der Waals surface area (Å²) in [5.41, 5.74) is 2.02. The van der Waals surface area contributed by atoms with Gasteiger partial charge in [-0.25, -0.2) is 9.79 Å². The lowest BCUT2D eigenvalue weighted by atomic mass is 9.96. The van der Waals surface area contributed by atoms with Gasteiger partial charge in [-0.1, -0.05) is 36.1 Å². The first-order valence-corrected chi connectivity index (χ1v) is 13.4. The third kappa shape index (κ3) is 5.32. The Kier molecular flexibility index (Phi) is 8.53. The molecule has 1 aliphatic rings. The van der Waals surface area contributed by atoms with Crippen LogP contribution in [0.5, 0.6) is 17.2 Å². The summed E-state index contributed by atoms with van der Waals surface area (Å²) in [6.45, 7) is 7.70. The third-order valence-electron chi connectivity index (χ3n) is 5.84. The highest BCUT2D eigenvalue weighted by Crippen LogP contribution is 2.37. The zero-order chi connectivity index (χ0) is 27.4. The standard InChI is InChI=1S/C28H27BrN2O6S/c1-6-12-37-25-20(29)13-17(14-21(25)35-5)15-22-26(32)31-24(18-8-10-19(34-4)11-9-18)23(27(33)36-7-2)16(3)30-28(31)38-22/h6,8-11,13-15,24H,1,7,12H2,2-5H3/b22-15-. The van der Waals surface area contributed by atoms with Crippen molar-refractivity contribution >= 4 is 39.3 Å². The van der Waals surface area contributed by atoms with Crippen molar-refractivity contribution in [3.63, 3.8) is 0 Å². The smallest absolute Gasteiger partial charge is 0.338 e. The lowest BCUT2D eigenvalue weighted by Gasteiger charge is -2.24. The molecule has 1 aromatic heterocycles. The van der Waals surface area contributed by atoms with Gasteiger partial charge in [-0.2, -0.15) is 0 Å². The van der Waals surface area contributed by atoms with Crippen molar-refractivity contribution in [2.45, 2.75) is 19.9 Å². The Labute approximate surface area is 232 Å². The number of thiazole rings is 1. The first-order chi connectivity index (χ1) is 18.3. The van der Waals surface area contributed by atoms with Crippen LogP contribution in [0.3, 0.4) is 0 Å². The predicted molar refractivity (Wildman–Crippen MR) is 150 cm³/mol. The van der Waals surface area contributed by atoms with Gasteiger partial charge in [-0.3, -0.25) is 9.36 Å². The van der Waals surface area contributed by atoms with Crippen molar-refractivity contribution in [2.24, 2.45) is 4.99 Å². The number of carbonyl (C=O) groups is 1. The van der Waals surface area contributed by atoms with E-state index in [4.69, 9.17) is 18.9 Å².